The van der Waals surface area contributed by atoms with Crippen molar-refractivity contribution in [3.63, 3.8) is 0 Å². The Kier molecular flexibility index (Phi) is 5.19. The van der Waals surface area contributed by atoms with E-state index in [1.54, 1.807) is 24.5 Å². The number of benzene rings is 1. The highest BCUT2D eigenvalue weighted by atomic mass is 16.2. The number of carbonyl (C=O) groups is 1. The second-order valence-electron chi connectivity index (χ2n) is 6.89. The monoisotopic (exact) mass is 374 g/mol. The highest BCUT2D eigenvalue weighted by molar-refractivity contribution is 6.03. The van der Waals surface area contributed by atoms with E-state index in [2.05, 4.69) is 15.2 Å². The van der Waals surface area contributed by atoms with Crippen molar-refractivity contribution in [3.05, 3.63) is 88.5 Å². The fraction of sp³-hybridized carbons (Fsp3) is 0.227. The highest BCUT2D eigenvalue weighted by Gasteiger charge is 2.15. The lowest BCUT2D eigenvalue weighted by Gasteiger charge is -2.17. The topological polar surface area (TPSA) is 67.2 Å². The molecule has 0 spiro atoms. The predicted octanol–water partition coefficient (Wildman–Crippen LogP) is 3.14. The van der Waals surface area contributed by atoms with Crippen LogP contribution in [0.3, 0.4) is 0 Å². The number of carbonyl (C=O) groups excluding carboxylic acids is 1. The summed E-state index contributed by atoms with van der Waals surface area (Å²) in [7, 11) is 0. The maximum atomic E-state index is 12.7. The lowest BCUT2D eigenvalue weighted by molar-refractivity contribution is 0.102. The number of hydrogen-bond acceptors (Lipinski definition) is 4. The van der Waals surface area contributed by atoms with Crippen LogP contribution in [0.25, 0.3) is 0 Å². The van der Waals surface area contributed by atoms with E-state index in [1.165, 1.54) is 23.5 Å². The fourth-order valence-electron chi connectivity index (χ4n) is 3.42. The SMILES string of the molecule is O=C(Nc1ccc(N2CCCC2)cn1)c1cccn(Cc2ccccc2)c1=O. The molecule has 1 fully saturated rings. The van der Waals surface area contributed by atoms with Crippen molar-refractivity contribution in [1.29, 1.82) is 0 Å². The molecule has 1 aliphatic rings. The maximum Gasteiger partial charge on any atom is 0.263 e. The number of rotatable bonds is 5. The molecule has 1 aliphatic heterocycles. The molecule has 3 aromatic rings. The van der Waals surface area contributed by atoms with Gasteiger partial charge in [0.2, 0.25) is 0 Å². The zero-order valence-corrected chi connectivity index (χ0v) is 15.5. The van der Waals surface area contributed by atoms with E-state index in [0.717, 1.165) is 24.3 Å². The zero-order chi connectivity index (χ0) is 19.3. The Morgan fingerprint density at radius 3 is 2.50 bits per heavy atom. The van der Waals surface area contributed by atoms with Crippen LogP contribution in [0.5, 0.6) is 0 Å². The van der Waals surface area contributed by atoms with Crippen molar-refractivity contribution in [1.82, 2.24) is 9.55 Å². The van der Waals surface area contributed by atoms with Crippen molar-refractivity contribution in [2.75, 3.05) is 23.3 Å². The standard InChI is InChI=1S/C22H22N4O2/c27-21(24-20-11-10-18(15-23-20)25-12-4-5-13-25)19-9-6-14-26(22(19)28)16-17-7-2-1-3-8-17/h1-3,6-11,14-15H,4-5,12-13,16H2,(H,23,24,27). The first-order chi connectivity index (χ1) is 13.7. The van der Waals surface area contributed by atoms with Crippen LogP contribution in [0.1, 0.15) is 28.8 Å². The number of nitrogens with zero attached hydrogens (tertiary/aromatic N) is 3. The van der Waals surface area contributed by atoms with E-state index >= 15 is 0 Å². The number of amides is 1. The third-order valence-corrected chi connectivity index (χ3v) is 4.92. The first kappa shape index (κ1) is 18.0. The molecule has 4 rings (SSSR count). The minimum absolute atomic E-state index is 0.101. The summed E-state index contributed by atoms with van der Waals surface area (Å²) in [6.45, 7) is 2.50. The minimum Gasteiger partial charge on any atom is -0.370 e. The van der Waals surface area contributed by atoms with Crippen LogP contribution < -0.4 is 15.8 Å². The molecule has 1 aromatic carbocycles. The van der Waals surface area contributed by atoms with Gasteiger partial charge >= 0.3 is 0 Å². The van der Waals surface area contributed by atoms with Crippen LogP contribution >= 0.6 is 0 Å². The van der Waals surface area contributed by atoms with Gasteiger partial charge in [0, 0.05) is 19.3 Å². The average molecular weight is 374 g/mol. The molecule has 0 aliphatic carbocycles. The van der Waals surface area contributed by atoms with Crippen molar-refractivity contribution < 1.29 is 4.79 Å². The van der Waals surface area contributed by atoms with Crippen molar-refractivity contribution in [2.45, 2.75) is 19.4 Å². The van der Waals surface area contributed by atoms with Gasteiger partial charge in [0.05, 0.1) is 18.4 Å². The van der Waals surface area contributed by atoms with Crippen molar-refractivity contribution in [2.24, 2.45) is 0 Å². The van der Waals surface area contributed by atoms with E-state index in [4.69, 9.17) is 0 Å². The second kappa shape index (κ2) is 8.08. The van der Waals surface area contributed by atoms with E-state index in [-0.39, 0.29) is 11.1 Å². The molecule has 0 atom stereocenters. The van der Waals surface area contributed by atoms with Crippen molar-refractivity contribution in [3.8, 4) is 0 Å². The van der Waals surface area contributed by atoms with Gasteiger partial charge in [-0.25, -0.2) is 4.98 Å². The van der Waals surface area contributed by atoms with Crippen LogP contribution in [0.4, 0.5) is 11.5 Å². The quantitative estimate of drug-likeness (QED) is 0.745. The largest absolute Gasteiger partial charge is 0.370 e. The Morgan fingerprint density at radius 2 is 1.79 bits per heavy atom. The fourth-order valence-corrected chi connectivity index (χ4v) is 3.42. The van der Waals surface area contributed by atoms with Gasteiger partial charge in [-0.2, -0.15) is 0 Å². The Balaban J connectivity index is 1.49. The molecule has 142 valence electrons. The number of aromatic nitrogens is 2. The molecule has 0 unspecified atom stereocenters. The van der Waals surface area contributed by atoms with Gasteiger partial charge < -0.3 is 14.8 Å². The smallest absolute Gasteiger partial charge is 0.263 e. The summed E-state index contributed by atoms with van der Waals surface area (Å²) in [5.41, 5.74) is 1.84. The van der Waals surface area contributed by atoms with Crippen LogP contribution in [0.15, 0.2) is 71.8 Å². The van der Waals surface area contributed by atoms with Gasteiger partial charge in [-0.3, -0.25) is 9.59 Å². The molecule has 1 saturated heterocycles. The van der Waals surface area contributed by atoms with E-state index in [0.29, 0.717) is 12.4 Å². The molecule has 0 radical (unpaired) electrons. The molecular weight excluding hydrogens is 352 g/mol. The summed E-state index contributed by atoms with van der Waals surface area (Å²) < 4.78 is 1.54. The molecule has 0 saturated carbocycles. The summed E-state index contributed by atoms with van der Waals surface area (Å²) in [6.07, 6.45) is 5.85. The Labute approximate surface area is 163 Å². The van der Waals surface area contributed by atoms with Crippen LogP contribution in [0.2, 0.25) is 0 Å². The number of hydrogen-bond donors (Lipinski definition) is 1. The molecule has 6 heteroatoms. The summed E-state index contributed by atoms with van der Waals surface area (Å²) in [6, 6.07) is 16.7. The minimum atomic E-state index is -0.450. The van der Waals surface area contributed by atoms with Gasteiger partial charge in [0.15, 0.2) is 0 Å². The average Bonchev–Trinajstić information content (AvgIpc) is 3.26. The maximum absolute atomic E-state index is 12.7. The van der Waals surface area contributed by atoms with Crippen LogP contribution in [0, 0.1) is 0 Å². The molecule has 1 amide bonds. The van der Waals surface area contributed by atoms with Crippen LogP contribution in [-0.2, 0) is 6.54 Å². The molecule has 1 N–H and O–H groups in total. The number of nitrogens with one attached hydrogen (secondary N) is 1. The molecule has 3 heterocycles. The highest BCUT2D eigenvalue weighted by Crippen LogP contribution is 2.20. The molecule has 0 bridgehead atoms. The third-order valence-electron chi connectivity index (χ3n) is 4.92. The summed E-state index contributed by atoms with van der Waals surface area (Å²) in [5.74, 6) is -0.0142. The van der Waals surface area contributed by atoms with Gasteiger partial charge in [0.1, 0.15) is 11.4 Å². The Morgan fingerprint density at radius 1 is 1.00 bits per heavy atom. The molecular formula is C22H22N4O2. The van der Waals surface area contributed by atoms with E-state index in [1.807, 2.05) is 36.4 Å². The normalized spacial score (nSPS) is 13.5. The Bertz CT molecular complexity index is 1010. The summed E-state index contributed by atoms with van der Waals surface area (Å²) in [5, 5.41) is 2.73. The van der Waals surface area contributed by atoms with E-state index in [9.17, 15) is 9.59 Å². The van der Waals surface area contributed by atoms with Gasteiger partial charge in [0.25, 0.3) is 11.5 Å². The van der Waals surface area contributed by atoms with E-state index < -0.39 is 5.91 Å². The van der Waals surface area contributed by atoms with Gasteiger partial charge in [-0.15, -0.1) is 0 Å². The van der Waals surface area contributed by atoms with Gasteiger partial charge in [-0.05, 0) is 42.7 Å². The Hall–Kier alpha value is -3.41. The molecule has 28 heavy (non-hydrogen) atoms. The lowest BCUT2D eigenvalue weighted by atomic mass is 10.2. The zero-order valence-electron chi connectivity index (χ0n) is 15.5. The number of anilines is 2. The number of pyridine rings is 2. The lowest BCUT2D eigenvalue weighted by Crippen LogP contribution is -2.29. The summed E-state index contributed by atoms with van der Waals surface area (Å²) in [4.78, 5) is 31.9. The molecule has 6 nitrogen and oxygen atoms in total. The summed E-state index contributed by atoms with van der Waals surface area (Å²) >= 11 is 0. The van der Waals surface area contributed by atoms with Crippen LogP contribution in [-0.4, -0.2) is 28.5 Å². The molecule has 2 aromatic heterocycles. The first-order valence-electron chi connectivity index (χ1n) is 9.46. The third kappa shape index (κ3) is 3.96. The first-order valence-corrected chi connectivity index (χ1v) is 9.46. The second-order valence-corrected chi connectivity index (χ2v) is 6.89. The van der Waals surface area contributed by atoms with Crippen molar-refractivity contribution >= 4 is 17.4 Å². The van der Waals surface area contributed by atoms with Gasteiger partial charge in [-0.1, -0.05) is 30.3 Å². The predicted molar refractivity (Wildman–Crippen MR) is 110 cm³/mol.